The number of rotatable bonds is 6. The maximum absolute atomic E-state index is 12.8. The zero-order valence-electron chi connectivity index (χ0n) is 17.6. The molecule has 3 aromatic rings. The van der Waals surface area contributed by atoms with E-state index in [1.54, 1.807) is 13.1 Å². The Morgan fingerprint density at radius 3 is 2.56 bits per heavy atom. The number of alkyl halides is 3. The Bertz CT molecular complexity index is 1120. The number of hydrogen-bond donors (Lipinski definition) is 0. The first kappa shape index (κ1) is 22.5. The van der Waals surface area contributed by atoms with Crippen molar-refractivity contribution in [1.82, 2.24) is 19.4 Å². The van der Waals surface area contributed by atoms with Crippen molar-refractivity contribution in [2.45, 2.75) is 26.1 Å². The van der Waals surface area contributed by atoms with Gasteiger partial charge in [-0.2, -0.15) is 13.2 Å². The molecule has 0 radical (unpaired) electrons. The summed E-state index contributed by atoms with van der Waals surface area (Å²) in [6.45, 7) is 5.98. The summed E-state index contributed by atoms with van der Waals surface area (Å²) in [6, 6.07) is 4.67. The summed E-state index contributed by atoms with van der Waals surface area (Å²) in [5.74, 6) is 0.411. The number of carbonyl (C=O) groups is 1. The fourth-order valence-electron chi connectivity index (χ4n) is 4.04. The smallest absolute Gasteiger partial charge is 0.353 e. The number of halogens is 4. The molecule has 0 N–H and O–H groups in total. The van der Waals surface area contributed by atoms with Crippen molar-refractivity contribution in [3.63, 3.8) is 0 Å². The first-order chi connectivity index (χ1) is 15.2. The van der Waals surface area contributed by atoms with Crippen LogP contribution in [0, 0.1) is 0 Å². The Kier molecular flexibility index (Phi) is 6.39. The van der Waals surface area contributed by atoms with Gasteiger partial charge in [0.1, 0.15) is 11.5 Å². The molecule has 0 spiro atoms. The molecule has 0 aliphatic carbocycles. The number of aromatic nitrogens is 3. The average Bonchev–Trinajstić information content (AvgIpc) is 3.13. The zero-order valence-corrected chi connectivity index (χ0v) is 18.3. The summed E-state index contributed by atoms with van der Waals surface area (Å²) in [5, 5.41) is 0.885. The number of ketones is 1. The highest BCUT2D eigenvalue weighted by atomic mass is 35.5. The number of Topliss-reactive ketones (excluding diaryl/α,β-unsaturated/α-hetero) is 1. The van der Waals surface area contributed by atoms with Gasteiger partial charge in [-0.1, -0.05) is 11.6 Å². The molecule has 170 valence electrons. The van der Waals surface area contributed by atoms with E-state index in [2.05, 4.69) is 14.9 Å². The molecule has 1 fully saturated rings. The molecule has 6 nitrogen and oxygen atoms in total. The number of anilines is 1. The molecule has 4 rings (SSSR count). The van der Waals surface area contributed by atoms with E-state index in [-0.39, 0.29) is 10.8 Å². The van der Waals surface area contributed by atoms with E-state index >= 15 is 0 Å². The number of piperazine rings is 1. The molecule has 0 unspecified atom stereocenters. The van der Waals surface area contributed by atoms with Gasteiger partial charge >= 0.3 is 6.18 Å². The normalized spacial score (nSPS) is 15.5. The van der Waals surface area contributed by atoms with E-state index < -0.39 is 11.7 Å². The molecule has 0 bridgehead atoms. The molecular weight excluding hydrogens is 443 g/mol. The van der Waals surface area contributed by atoms with E-state index in [1.807, 2.05) is 27.8 Å². The van der Waals surface area contributed by atoms with Gasteiger partial charge in [0.25, 0.3) is 0 Å². The van der Waals surface area contributed by atoms with Crippen LogP contribution in [0.25, 0.3) is 11.0 Å². The molecule has 1 aliphatic rings. The summed E-state index contributed by atoms with van der Waals surface area (Å²) in [5.41, 5.74) is 0.651. The Hall–Kier alpha value is -2.65. The van der Waals surface area contributed by atoms with Crippen LogP contribution >= 0.6 is 11.6 Å². The minimum absolute atomic E-state index is 0.0153. The summed E-state index contributed by atoms with van der Waals surface area (Å²) >= 11 is 6.08. The van der Waals surface area contributed by atoms with Crippen LogP contribution in [0.15, 0.2) is 36.8 Å². The highest BCUT2D eigenvalue weighted by molar-refractivity contribution is 6.33. The molecule has 0 aromatic carbocycles. The van der Waals surface area contributed by atoms with Gasteiger partial charge in [0, 0.05) is 62.3 Å². The highest BCUT2D eigenvalue weighted by Crippen LogP contribution is 2.33. The van der Waals surface area contributed by atoms with Gasteiger partial charge in [0.05, 0.1) is 10.6 Å². The number of aryl methyl sites for hydroxylation is 1. The molecule has 0 amide bonds. The first-order valence-corrected chi connectivity index (χ1v) is 10.8. The van der Waals surface area contributed by atoms with Crippen molar-refractivity contribution in [2.24, 2.45) is 0 Å². The van der Waals surface area contributed by atoms with Crippen LogP contribution in [-0.2, 0) is 12.7 Å². The monoisotopic (exact) mass is 465 g/mol. The van der Waals surface area contributed by atoms with Gasteiger partial charge in [-0.15, -0.1) is 0 Å². The second-order valence-corrected chi connectivity index (χ2v) is 8.28. The summed E-state index contributed by atoms with van der Waals surface area (Å²) < 4.78 is 40.5. The van der Waals surface area contributed by atoms with E-state index in [0.717, 1.165) is 55.9 Å². The molecule has 32 heavy (non-hydrogen) atoms. The number of fused-ring (bicyclic) bond motifs is 1. The van der Waals surface area contributed by atoms with Crippen molar-refractivity contribution in [3.05, 3.63) is 52.9 Å². The van der Waals surface area contributed by atoms with Crippen molar-refractivity contribution in [2.75, 3.05) is 37.6 Å². The van der Waals surface area contributed by atoms with Gasteiger partial charge < -0.3 is 9.47 Å². The van der Waals surface area contributed by atoms with Crippen molar-refractivity contribution < 1.29 is 18.0 Å². The van der Waals surface area contributed by atoms with Gasteiger partial charge in [-0.25, -0.2) is 9.97 Å². The summed E-state index contributed by atoms with van der Waals surface area (Å²) in [6.07, 6.45) is 0.855. The lowest BCUT2D eigenvalue weighted by Gasteiger charge is -2.35. The highest BCUT2D eigenvalue weighted by Gasteiger charge is 2.32. The summed E-state index contributed by atoms with van der Waals surface area (Å²) in [4.78, 5) is 24.5. The van der Waals surface area contributed by atoms with Gasteiger partial charge in [-0.05, 0) is 38.1 Å². The fraction of sp³-hybridized carbons (Fsp3) is 0.409. The van der Waals surface area contributed by atoms with Crippen LogP contribution in [0.1, 0.15) is 29.3 Å². The fourth-order valence-corrected chi connectivity index (χ4v) is 4.33. The number of hydrogen-bond acceptors (Lipinski definition) is 5. The van der Waals surface area contributed by atoms with Crippen LogP contribution in [-0.4, -0.2) is 57.9 Å². The van der Waals surface area contributed by atoms with Crippen molar-refractivity contribution in [1.29, 1.82) is 0 Å². The zero-order chi connectivity index (χ0) is 22.9. The Morgan fingerprint density at radius 2 is 1.91 bits per heavy atom. The van der Waals surface area contributed by atoms with Gasteiger partial charge in [0.15, 0.2) is 5.78 Å². The second-order valence-electron chi connectivity index (χ2n) is 7.88. The second kappa shape index (κ2) is 9.07. The molecule has 3 aromatic heterocycles. The Labute approximate surface area is 188 Å². The largest absolute Gasteiger partial charge is 0.417 e. The third-order valence-electron chi connectivity index (χ3n) is 5.71. The standard InChI is InChI=1S/C22H23ClF3N5O/c1-15(32)18-14-31(20-17(18)4-2-5-27-20)7-3-6-29-8-10-30(11-9-29)21-19(23)12-16(13-28-21)22(24,25)26/h2,4-5,12-14H,3,6-11H2,1H3. The molecule has 0 saturated carbocycles. The number of pyridine rings is 2. The minimum Gasteiger partial charge on any atom is -0.353 e. The Balaban J connectivity index is 1.32. The lowest BCUT2D eigenvalue weighted by atomic mass is 10.2. The van der Waals surface area contributed by atoms with Gasteiger partial charge in [0.2, 0.25) is 0 Å². The molecular formula is C22H23ClF3N5O. The maximum atomic E-state index is 12.8. The van der Waals surface area contributed by atoms with Crippen LogP contribution in [0.4, 0.5) is 19.0 Å². The maximum Gasteiger partial charge on any atom is 0.417 e. The molecule has 10 heteroatoms. The summed E-state index contributed by atoms with van der Waals surface area (Å²) in [7, 11) is 0. The van der Waals surface area contributed by atoms with Gasteiger partial charge in [-0.3, -0.25) is 9.69 Å². The van der Waals surface area contributed by atoms with Crippen LogP contribution < -0.4 is 4.90 Å². The molecule has 0 atom stereocenters. The Morgan fingerprint density at radius 1 is 1.16 bits per heavy atom. The van der Waals surface area contributed by atoms with Crippen molar-refractivity contribution >= 4 is 34.2 Å². The quantitative estimate of drug-likeness (QED) is 0.501. The topological polar surface area (TPSA) is 54.3 Å². The van der Waals surface area contributed by atoms with Crippen LogP contribution in [0.5, 0.6) is 0 Å². The first-order valence-electron chi connectivity index (χ1n) is 10.4. The van der Waals surface area contributed by atoms with Crippen LogP contribution in [0.3, 0.4) is 0 Å². The lowest BCUT2D eigenvalue weighted by Crippen LogP contribution is -2.47. The van der Waals surface area contributed by atoms with E-state index in [0.29, 0.717) is 24.5 Å². The molecule has 4 heterocycles. The SMILES string of the molecule is CC(=O)c1cn(CCCN2CCN(c3ncc(C(F)(F)F)cc3Cl)CC2)c2ncccc12. The predicted molar refractivity (Wildman–Crippen MR) is 117 cm³/mol. The van der Waals surface area contributed by atoms with E-state index in [4.69, 9.17) is 11.6 Å². The average molecular weight is 466 g/mol. The van der Waals surface area contributed by atoms with E-state index in [1.165, 1.54) is 0 Å². The lowest BCUT2D eigenvalue weighted by molar-refractivity contribution is -0.137. The molecule has 1 aliphatic heterocycles. The van der Waals surface area contributed by atoms with Crippen LogP contribution in [0.2, 0.25) is 5.02 Å². The third-order valence-corrected chi connectivity index (χ3v) is 5.99. The minimum atomic E-state index is -4.46. The molecule has 1 saturated heterocycles. The predicted octanol–water partition coefficient (Wildman–Crippen LogP) is 4.52. The number of carbonyl (C=O) groups excluding carboxylic acids is 1. The third kappa shape index (κ3) is 4.73. The van der Waals surface area contributed by atoms with Crippen molar-refractivity contribution in [3.8, 4) is 0 Å². The van der Waals surface area contributed by atoms with E-state index in [9.17, 15) is 18.0 Å². The number of nitrogens with zero attached hydrogens (tertiary/aromatic N) is 5.